The lowest BCUT2D eigenvalue weighted by Gasteiger charge is -2.23. The fourth-order valence-corrected chi connectivity index (χ4v) is 3.83. The number of amides is 1. The number of carbonyl (C=O) groups is 3. The van der Waals surface area contributed by atoms with Crippen molar-refractivity contribution in [3.8, 4) is 5.75 Å². The topological polar surface area (TPSA) is 82.1 Å². The highest BCUT2D eigenvalue weighted by Crippen LogP contribution is 2.23. The molecule has 0 aliphatic rings. The molecule has 2 aromatic rings. The number of aryl methyl sites for hydroxylation is 1. The van der Waals surface area contributed by atoms with Gasteiger partial charge in [0.25, 0.3) is 0 Å². The van der Waals surface area contributed by atoms with Gasteiger partial charge in [0.15, 0.2) is 6.10 Å². The summed E-state index contributed by atoms with van der Waals surface area (Å²) in [5.74, 6) is -0.459. The molecule has 36 heavy (non-hydrogen) atoms. The van der Waals surface area contributed by atoms with E-state index in [-0.39, 0.29) is 23.7 Å². The molecule has 0 aliphatic carbocycles. The van der Waals surface area contributed by atoms with Gasteiger partial charge in [-0.3, -0.25) is 4.79 Å². The summed E-state index contributed by atoms with van der Waals surface area (Å²) in [7, 11) is 0. The number of unbranched alkanes of at least 4 members (excludes halogenated alkanes) is 1. The minimum atomic E-state index is -0.660. The summed E-state index contributed by atoms with van der Waals surface area (Å²) in [6.07, 6.45) is 3.16. The Morgan fingerprint density at radius 2 is 1.56 bits per heavy atom. The van der Waals surface area contributed by atoms with Crippen LogP contribution in [0.3, 0.4) is 0 Å². The van der Waals surface area contributed by atoms with Gasteiger partial charge in [-0.1, -0.05) is 25.5 Å². The highest BCUT2D eigenvalue weighted by Gasteiger charge is 2.21. The average Bonchev–Trinajstić information content (AvgIpc) is 2.89. The number of alkyl halides is 1. The van der Waals surface area contributed by atoms with E-state index in [0.717, 1.165) is 36.9 Å². The summed E-state index contributed by atoms with van der Waals surface area (Å²) in [6, 6.07) is 14.5. The van der Waals surface area contributed by atoms with E-state index in [1.54, 1.807) is 55.1 Å². The first-order valence-corrected chi connectivity index (χ1v) is 13.0. The summed E-state index contributed by atoms with van der Waals surface area (Å²) in [6.45, 7) is 6.69. The predicted octanol–water partition coefficient (Wildman–Crippen LogP) is 5.57. The van der Waals surface area contributed by atoms with Crippen LogP contribution in [0.2, 0.25) is 0 Å². The molecular formula is C28H36ClNO6. The maximum absolute atomic E-state index is 12.5. The third kappa shape index (κ3) is 9.19. The molecule has 0 fully saturated rings. The molecule has 0 aromatic heterocycles. The van der Waals surface area contributed by atoms with Gasteiger partial charge in [-0.15, -0.1) is 11.6 Å². The summed E-state index contributed by atoms with van der Waals surface area (Å²) < 4.78 is 15.9. The molecule has 1 atom stereocenters. The molecule has 0 radical (unpaired) electrons. The average molecular weight is 518 g/mol. The fourth-order valence-electron chi connectivity index (χ4n) is 3.68. The Hall–Kier alpha value is -3.06. The number of anilines is 1. The van der Waals surface area contributed by atoms with Crippen LogP contribution >= 0.6 is 11.6 Å². The van der Waals surface area contributed by atoms with Crippen LogP contribution in [0.5, 0.6) is 5.75 Å². The van der Waals surface area contributed by atoms with Gasteiger partial charge in [-0.2, -0.15) is 0 Å². The Bertz CT molecular complexity index is 961. The summed E-state index contributed by atoms with van der Waals surface area (Å²) in [5, 5.41) is 0. The Morgan fingerprint density at radius 1 is 0.889 bits per heavy atom. The van der Waals surface area contributed by atoms with Crippen molar-refractivity contribution >= 4 is 35.1 Å². The highest BCUT2D eigenvalue weighted by atomic mass is 35.5. The number of carbonyl (C=O) groups excluding carboxylic acids is 3. The molecule has 1 amide bonds. The van der Waals surface area contributed by atoms with Gasteiger partial charge in [0.1, 0.15) is 11.6 Å². The predicted molar refractivity (Wildman–Crippen MR) is 141 cm³/mol. The van der Waals surface area contributed by atoms with E-state index in [9.17, 15) is 14.4 Å². The second-order valence-corrected chi connectivity index (χ2v) is 8.46. The molecule has 0 saturated heterocycles. The summed E-state index contributed by atoms with van der Waals surface area (Å²) in [5.41, 5.74) is 2.37. The number of ether oxygens (including phenoxy) is 3. The first-order chi connectivity index (χ1) is 17.4. The van der Waals surface area contributed by atoms with Crippen LogP contribution in [0.1, 0.15) is 62.4 Å². The van der Waals surface area contributed by atoms with Gasteiger partial charge in [-0.25, -0.2) is 9.59 Å². The molecule has 7 nitrogen and oxygen atoms in total. The SMILES string of the molecule is CCCC(Oc1ccc(N(CCCCc2ccc(C(=O)OCC)cc2)C(=O)CCl)cc1)C(=O)OCC. The number of rotatable bonds is 15. The molecule has 0 N–H and O–H groups in total. The molecule has 0 saturated carbocycles. The number of halogens is 1. The van der Waals surface area contributed by atoms with Crippen LogP contribution in [0.25, 0.3) is 0 Å². The van der Waals surface area contributed by atoms with Crippen LogP contribution in [-0.4, -0.2) is 49.6 Å². The third-order valence-electron chi connectivity index (χ3n) is 5.50. The number of esters is 2. The second-order valence-electron chi connectivity index (χ2n) is 8.19. The monoisotopic (exact) mass is 517 g/mol. The minimum absolute atomic E-state index is 0.116. The molecule has 2 aromatic carbocycles. The van der Waals surface area contributed by atoms with Crippen molar-refractivity contribution in [3.05, 3.63) is 59.7 Å². The number of hydrogen-bond donors (Lipinski definition) is 0. The van der Waals surface area contributed by atoms with Crippen molar-refractivity contribution in [2.75, 3.05) is 30.5 Å². The van der Waals surface area contributed by atoms with Gasteiger partial charge in [0.2, 0.25) is 5.91 Å². The van der Waals surface area contributed by atoms with Gasteiger partial charge in [0, 0.05) is 12.2 Å². The van der Waals surface area contributed by atoms with Crippen LogP contribution in [-0.2, 0) is 25.5 Å². The van der Waals surface area contributed by atoms with Gasteiger partial charge < -0.3 is 19.1 Å². The van der Waals surface area contributed by atoms with E-state index in [0.29, 0.717) is 37.5 Å². The van der Waals surface area contributed by atoms with E-state index < -0.39 is 6.10 Å². The van der Waals surface area contributed by atoms with E-state index in [1.165, 1.54) is 0 Å². The maximum atomic E-state index is 12.5. The van der Waals surface area contributed by atoms with Crippen LogP contribution in [0.15, 0.2) is 48.5 Å². The van der Waals surface area contributed by atoms with Crippen molar-refractivity contribution in [1.82, 2.24) is 0 Å². The Labute approximate surface area is 218 Å². The standard InChI is InChI=1S/C28H36ClNO6/c1-4-9-25(28(33)35-6-3)36-24-17-15-23(16-18-24)30(26(31)20-29)19-8-7-10-21-11-13-22(14-12-21)27(32)34-5-2/h11-18,25H,4-10,19-20H2,1-3H3. The van der Waals surface area contributed by atoms with Crippen LogP contribution in [0, 0.1) is 0 Å². The van der Waals surface area contributed by atoms with Crippen molar-refractivity contribution < 1.29 is 28.6 Å². The van der Waals surface area contributed by atoms with E-state index in [4.69, 9.17) is 25.8 Å². The number of hydrogen-bond acceptors (Lipinski definition) is 6. The Kier molecular flexibility index (Phi) is 12.8. The normalized spacial score (nSPS) is 11.4. The van der Waals surface area contributed by atoms with E-state index >= 15 is 0 Å². The second kappa shape index (κ2) is 15.8. The molecule has 8 heteroatoms. The van der Waals surface area contributed by atoms with Crippen molar-refractivity contribution in [1.29, 1.82) is 0 Å². The lowest BCUT2D eigenvalue weighted by molar-refractivity contribution is -0.151. The van der Waals surface area contributed by atoms with Crippen molar-refractivity contribution in [2.24, 2.45) is 0 Å². The molecule has 0 bridgehead atoms. The van der Waals surface area contributed by atoms with E-state index in [2.05, 4.69) is 0 Å². The van der Waals surface area contributed by atoms with Crippen LogP contribution < -0.4 is 9.64 Å². The van der Waals surface area contributed by atoms with E-state index in [1.807, 2.05) is 19.1 Å². The van der Waals surface area contributed by atoms with Gasteiger partial charge in [-0.05, 0) is 81.5 Å². The molecule has 196 valence electrons. The molecule has 0 aliphatic heterocycles. The number of benzene rings is 2. The lowest BCUT2D eigenvalue weighted by Crippen LogP contribution is -2.33. The van der Waals surface area contributed by atoms with Gasteiger partial charge in [0.05, 0.1) is 18.8 Å². The zero-order chi connectivity index (χ0) is 26.3. The molecular weight excluding hydrogens is 482 g/mol. The summed E-state index contributed by atoms with van der Waals surface area (Å²) in [4.78, 5) is 38.1. The number of nitrogens with zero attached hydrogens (tertiary/aromatic N) is 1. The smallest absolute Gasteiger partial charge is 0.347 e. The molecule has 1 unspecified atom stereocenters. The zero-order valence-corrected chi connectivity index (χ0v) is 22.1. The Morgan fingerprint density at radius 3 is 2.14 bits per heavy atom. The van der Waals surface area contributed by atoms with Crippen molar-refractivity contribution in [2.45, 2.75) is 59.0 Å². The fraction of sp³-hybridized carbons (Fsp3) is 0.464. The first-order valence-electron chi connectivity index (χ1n) is 12.5. The molecule has 0 heterocycles. The quantitative estimate of drug-likeness (QED) is 0.174. The molecule has 2 rings (SSSR count). The highest BCUT2D eigenvalue weighted by molar-refractivity contribution is 6.29. The maximum Gasteiger partial charge on any atom is 0.347 e. The first kappa shape index (κ1) is 29.2. The lowest BCUT2D eigenvalue weighted by atomic mass is 10.1. The minimum Gasteiger partial charge on any atom is -0.479 e. The zero-order valence-electron chi connectivity index (χ0n) is 21.3. The third-order valence-corrected chi connectivity index (χ3v) is 5.73. The van der Waals surface area contributed by atoms with Gasteiger partial charge >= 0.3 is 11.9 Å². The van der Waals surface area contributed by atoms with Crippen molar-refractivity contribution in [3.63, 3.8) is 0 Å². The summed E-state index contributed by atoms with van der Waals surface area (Å²) >= 11 is 5.86. The largest absolute Gasteiger partial charge is 0.479 e. The molecule has 0 spiro atoms. The van der Waals surface area contributed by atoms with Crippen LogP contribution in [0.4, 0.5) is 5.69 Å². The Balaban J connectivity index is 1.94.